The molecule has 0 bridgehead atoms. The Hall–Kier alpha value is -1.58. The van der Waals surface area contributed by atoms with Gasteiger partial charge in [-0.2, -0.15) is 0 Å². The van der Waals surface area contributed by atoms with Crippen LogP contribution in [0.4, 0.5) is 0 Å². The summed E-state index contributed by atoms with van der Waals surface area (Å²) in [6, 6.07) is 0. The molecule has 1 aliphatic carbocycles. The number of amides is 1. The molecule has 4 nitrogen and oxygen atoms in total. The largest absolute Gasteiger partial charge is 0.355 e. The second-order valence-electron chi connectivity index (χ2n) is 5.68. The summed E-state index contributed by atoms with van der Waals surface area (Å²) in [5.41, 5.74) is 1.90. The van der Waals surface area contributed by atoms with Crippen molar-refractivity contribution in [2.45, 2.75) is 46.1 Å². The first kappa shape index (κ1) is 13.8. The minimum Gasteiger partial charge on any atom is -0.355 e. The standard InChI is InChI=1S/C15H22N2O2/c1-11(2)6-7-16-15(19)10-17-8-12-4-3-5-14(18)13(12)9-17/h8-9,11H,3-7,10H2,1-2H3,(H,16,19). The Labute approximate surface area is 114 Å². The molecule has 0 spiro atoms. The molecule has 0 atom stereocenters. The first-order valence-corrected chi connectivity index (χ1v) is 7.05. The van der Waals surface area contributed by atoms with Gasteiger partial charge in [0.05, 0.1) is 0 Å². The van der Waals surface area contributed by atoms with Crippen LogP contribution < -0.4 is 5.32 Å². The van der Waals surface area contributed by atoms with Crippen LogP contribution >= 0.6 is 0 Å². The van der Waals surface area contributed by atoms with Crippen molar-refractivity contribution < 1.29 is 9.59 Å². The lowest BCUT2D eigenvalue weighted by Gasteiger charge is -2.07. The highest BCUT2D eigenvalue weighted by atomic mass is 16.2. The number of carbonyl (C=O) groups is 2. The van der Waals surface area contributed by atoms with Gasteiger partial charge in [0.15, 0.2) is 5.78 Å². The Morgan fingerprint density at radius 2 is 2.16 bits per heavy atom. The molecule has 1 aromatic heterocycles. The number of hydrogen-bond acceptors (Lipinski definition) is 2. The topological polar surface area (TPSA) is 51.1 Å². The summed E-state index contributed by atoms with van der Waals surface area (Å²) in [5.74, 6) is 0.817. The molecule has 104 valence electrons. The second-order valence-corrected chi connectivity index (χ2v) is 5.68. The normalized spacial score (nSPS) is 14.6. The minimum atomic E-state index is 0.0143. The molecule has 0 aromatic carbocycles. The maximum atomic E-state index is 11.8. The second kappa shape index (κ2) is 6.04. The summed E-state index contributed by atoms with van der Waals surface area (Å²) in [7, 11) is 0. The number of aromatic nitrogens is 1. The monoisotopic (exact) mass is 262 g/mol. The van der Waals surface area contributed by atoms with Gasteiger partial charge in [-0.15, -0.1) is 0 Å². The van der Waals surface area contributed by atoms with Crippen LogP contribution in [0.3, 0.4) is 0 Å². The van der Waals surface area contributed by atoms with Crippen molar-refractivity contribution in [3.05, 3.63) is 23.5 Å². The third-order valence-electron chi connectivity index (χ3n) is 3.48. The number of nitrogens with one attached hydrogen (secondary N) is 1. The van der Waals surface area contributed by atoms with Crippen LogP contribution in [0.25, 0.3) is 0 Å². The van der Waals surface area contributed by atoms with Gasteiger partial charge in [-0.05, 0) is 30.7 Å². The summed E-state index contributed by atoms with van der Waals surface area (Å²) in [5, 5.41) is 2.91. The van der Waals surface area contributed by atoms with E-state index in [1.165, 1.54) is 0 Å². The average molecular weight is 262 g/mol. The van der Waals surface area contributed by atoms with Gasteiger partial charge in [-0.1, -0.05) is 13.8 Å². The van der Waals surface area contributed by atoms with Crippen LogP contribution in [0.2, 0.25) is 0 Å². The minimum absolute atomic E-state index is 0.0143. The highest BCUT2D eigenvalue weighted by Gasteiger charge is 2.19. The van der Waals surface area contributed by atoms with Gasteiger partial charge in [0.2, 0.25) is 5.91 Å². The lowest BCUT2D eigenvalue weighted by atomic mass is 9.95. The van der Waals surface area contributed by atoms with Crippen molar-refractivity contribution in [1.29, 1.82) is 0 Å². The van der Waals surface area contributed by atoms with Crippen LogP contribution in [0.15, 0.2) is 12.4 Å². The zero-order valence-electron chi connectivity index (χ0n) is 11.7. The molecule has 4 heteroatoms. The molecular formula is C15H22N2O2. The quantitative estimate of drug-likeness (QED) is 0.884. The van der Waals surface area contributed by atoms with Crippen LogP contribution in [-0.2, 0) is 17.8 Å². The Balaban J connectivity index is 1.89. The summed E-state index contributed by atoms with van der Waals surface area (Å²) >= 11 is 0. The predicted molar refractivity (Wildman–Crippen MR) is 74.2 cm³/mol. The molecule has 19 heavy (non-hydrogen) atoms. The van der Waals surface area contributed by atoms with Gasteiger partial charge < -0.3 is 9.88 Å². The molecule has 1 aromatic rings. The fraction of sp³-hybridized carbons (Fsp3) is 0.600. The fourth-order valence-corrected chi connectivity index (χ4v) is 2.39. The Bertz CT molecular complexity index is 474. The molecule has 0 unspecified atom stereocenters. The average Bonchev–Trinajstić information content (AvgIpc) is 2.72. The van der Waals surface area contributed by atoms with E-state index in [0.29, 0.717) is 18.9 Å². The van der Waals surface area contributed by atoms with Crippen molar-refractivity contribution in [1.82, 2.24) is 9.88 Å². The highest BCUT2D eigenvalue weighted by molar-refractivity contribution is 5.98. The number of hydrogen-bond donors (Lipinski definition) is 1. The molecule has 0 saturated carbocycles. The molecule has 1 aliphatic rings. The molecule has 1 heterocycles. The van der Waals surface area contributed by atoms with Crippen LogP contribution in [0.1, 0.15) is 49.0 Å². The molecule has 2 rings (SSSR count). The first-order chi connectivity index (χ1) is 9.06. The van der Waals surface area contributed by atoms with Crippen LogP contribution in [-0.4, -0.2) is 22.8 Å². The number of nitrogens with zero attached hydrogens (tertiary/aromatic N) is 1. The number of fused-ring (bicyclic) bond motifs is 1. The van der Waals surface area contributed by atoms with Crippen molar-refractivity contribution in [2.75, 3.05) is 6.54 Å². The summed E-state index contributed by atoms with van der Waals surface area (Å²) in [4.78, 5) is 23.5. The number of aryl methyl sites for hydroxylation is 1. The Morgan fingerprint density at radius 1 is 1.37 bits per heavy atom. The van der Waals surface area contributed by atoms with E-state index in [1.54, 1.807) is 0 Å². The Morgan fingerprint density at radius 3 is 2.84 bits per heavy atom. The van der Waals surface area contributed by atoms with E-state index in [0.717, 1.165) is 36.9 Å². The van der Waals surface area contributed by atoms with Crippen LogP contribution in [0.5, 0.6) is 0 Å². The molecule has 1 N–H and O–H groups in total. The molecule has 0 radical (unpaired) electrons. The third kappa shape index (κ3) is 3.69. The van der Waals surface area contributed by atoms with Gasteiger partial charge in [0, 0.05) is 30.9 Å². The van der Waals surface area contributed by atoms with Gasteiger partial charge >= 0.3 is 0 Å². The zero-order chi connectivity index (χ0) is 13.8. The number of carbonyl (C=O) groups excluding carboxylic acids is 2. The first-order valence-electron chi connectivity index (χ1n) is 7.05. The van der Waals surface area contributed by atoms with Crippen molar-refractivity contribution in [3.8, 4) is 0 Å². The van der Waals surface area contributed by atoms with Crippen molar-refractivity contribution >= 4 is 11.7 Å². The summed E-state index contributed by atoms with van der Waals surface area (Å²) in [6.45, 7) is 5.30. The van der Waals surface area contributed by atoms with E-state index in [1.807, 2.05) is 17.0 Å². The predicted octanol–water partition coefficient (Wildman–Crippen LogP) is 2.17. The SMILES string of the molecule is CC(C)CCNC(=O)Cn1cc2c(c1)C(=O)CCC2. The summed E-state index contributed by atoms with van der Waals surface area (Å²) < 4.78 is 1.83. The van der Waals surface area contributed by atoms with E-state index in [4.69, 9.17) is 0 Å². The van der Waals surface area contributed by atoms with Gasteiger partial charge in [0.25, 0.3) is 0 Å². The van der Waals surface area contributed by atoms with Crippen LogP contribution in [0, 0.1) is 5.92 Å². The molecular weight excluding hydrogens is 240 g/mol. The number of Topliss-reactive ketones (excluding diaryl/α,β-unsaturated/α-hetero) is 1. The Kier molecular flexibility index (Phi) is 4.40. The smallest absolute Gasteiger partial charge is 0.239 e. The lowest BCUT2D eigenvalue weighted by molar-refractivity contribution is -0.121. The van der Waals surface area contributed by atoms with Gasteiger partial charge in [0.1, 0.15) is 6.54 Å². The van der Waals surface area contributed by atoms with E-state index < -0.39 is 0 Å². The molecule has 0 aliphatic heterocycles. The van der Waals surface area contributed by atoms with Crippen molar-refractivity contribution in [2.24, 2.45) is 5.92 Å². The number of rotatable bonds is 5. The maximum Gasteiger partial charge on any atom is 0.239 e. The highest BCUT2D eigenvalue weighted by Crippen LogP contribution is 2.21. The van der Waals surface area contributed by atoms with Gasteiger partial charge in [-0.25, -0.2) is 0 Å². The van der Waals surface area contributed by atoms with E-state index >= 15 is 0 Å². The van der Waals surface area contributed by atoms with E-state index in [9.17, 15) is 9.59 Å². The maximum absolute atomic E-state index is 11.8. The van der Waals surface area contributed by atoms with E-state index in [-0.39, 0.29) is 11.7 Å². The third-order valence-corrected chi connectivity index (χ3v) is 3.48. The zero-order valence-corrected chi connectivity index (χ0v) is 11.7. The van der Waals surface area contributed by atoms with Gasteiger partial charge in [-0.3, -0.25) is 9.59 Å². The number of ketones is 1. The summed E-state index contributed by atoms with van der Waals surface area (Å²) in [6.07, 6.45) is 7.26. The lowest BCUT2D eigenvalue weighted by Crippen LogP contribution is -2.28. The van der Waals surface area contributed by atoms with E-state index in [2.05, 4.69) is 19.2 Å². The van der Waals surface area contributed by atoms with Crippen molar-refractivity contribution in [3.63, 3.8) is 0 Å². The molecule has 1 amide bonds. The molecule has 0 saturated heterocycles. The molecule has 0 fully saturated rings. The fourth-order valence-electron chi connectivity index (χ4n) is 2.39.